The fourth-order valence-corrected chi connectivity index (χ4v) is 1.84. The largest absolute Gasteiger partial charge is 0.480 e. The fourth-order valence-electron chi connectivity index (χ4n) is 1.84. The van der Waals surface area contributed by atoms with Gasteiger partial charge in [0.1, 0.15) is 6.54 Å². The summed E-state index contributed by atoms with van der Waals surface area (Å²) in [6, 6.07) is -0.317. The first-order valence-electron chi connectivity index (χ1n) is 5.89. The number of rotatable bonds is 5. The summed E-state index contributed by atoms with van der Waals surface area (Å²) in [5, 5.41) is 11.5. The van der Waals surface area contributed by atoms with Crippen LogP contribution in [0, 0.1) is 5.92 Å². The van der Waals surface area contributed by atoms with Crippen LogP contribution in [-0.4, -0.2) is 54.4 Å². The number of nitrogens with zero attached hydrogens (tertiary/aromatic N) is 1. The van der Waals surface area contributed by atoms with E-state index in [9.17, 15) is 9.59 Å². The van der Waals surface area contributed by atoms with Crippen molar-refractivity contribution in [1.82, 2.24) is 10.2 Å². The predicted octanol–water partition coefficient (Wildman–Crippen LogP) is 0.527. The van der Waals surface area contributed by atoms with Gasteiger partial charge in [0.15, 0.2) is 0 Å². The Balaban J connectivity index is 2.42. The van der Waals surface area contributed by atoms with E-state index in [-0.39, 0.29) is 18.6 Å². The highest BCUT2D eigenvalue weighted by atomic mass is 16.5. The number of amides is 2. The van der Waals surface area contributed by atoms with Crippen molar-refractivity contribution < 1.29 is 19.4 Å². The molecule has 6 nitrogen and oxygen atoms in total. The average Bonchev–Trinajstić information content (AvgIpc) is 2.78. The summed E-state index contributed by atoms with van der Waals surface area (Å²) in [6.07, 6.45) is 0.937. The number of carboxylic acid groups (broad SMARTS) is 1. The molecule has 1 saturated heterocycles. The van der Waals surface area contributed by atoms with Crippen LogP contribution >= 0.6 is 0 Å². The molecule has 2 unspecified atom stereocenters. The van der Waals surface area contributed by atoms with Crippen molar-refractivity contribution in [3.63, 3.8) is 0 Å². The van der Waals surface area contributed by atoms with Crippen LogP contribution in [0.25, 0.3) is 0 Å². The van der Waals surface area contributed by atoms with Gasteiger partial charge in [0.05, 0.1) is 6.61 Å². The van der Waals surface area contributed by atoms with Gasteiger partial charge in [-0.3, -0.25) is 4.79 Å². The molecule has 1 heterocycles. The SMILES string of the molecule is CCN(CC(=O)O)C(=O)NC(C)C1CCOC1. The molecule has 0 aromatic carbocycles. The van der Waals surface area contributed by atoms with Gasteiger partial charge in [-0.1, -0.05) is 0 Å². The zero-order valence-corrected chi connectivity index (χ0v) is 10.3. The van der Waals surface area contributed by atoms with Crippen LogP contribution < -0.4 is 5.32 Å². The smallest absolute Gasteiger partial charge is 0.323 e. The van der Waals surface area contributed by atoms with Gasteiger partial charge in [-0.05, 0) is 20.3 Å². The van der Waals surface area contributed by atoms with E-state index in [0.717, 1.165) is 13.0 Å². The summed E-state index contributed by atoms with van der Waals surface area (Å²) in [5.74, 6) is -0.679. The molecule has 6 heteroatoms. The molecule has 2 amide bonds. The van der Waals surface area contributed by atoms with Crippen LogP contribution in [-0.2, 0) is 9.53 Å². The van der Waals surface area contributed by atoms with Crippen LogP contribution in [0.3, 0.4) is 0 Å². The molecule has 17 heavy (non-hydrogen) atoms. The summed E-state index contributed by atoms with van der Waals surface area (Å²) in [6.45, 7) is 5.18. The lowest BCUT2D eigenvalue weighted by Gasteiger charge is -2.24. The standard InChI is InChI=1S/C11H20N2O4/c1-3-13(6-10(14)15)11(16)12-8(2)9-4-5-17-7-9/h8-9H,3-7H2,1-2H3,(H,12,16)(H,14,15). The highest BCUT2D eigenvalue weighted by molar-refractivity contribution is 5.80. The Labute approximate surface area is 101 Å². The number of carbonyl (C=O) groups excluding carboxylic acids is 1. The molecule has 0 aliphatic carbocycles. The highest BCUT2D eigenvalue weighted by Crippen LogP contribution is 2.16. The summed E-state index contributed by atoms with van der Waals surface area (Å²) >= 11 is 0. The van der Waals surface area contributed by atoms with E-state index in [4.69, 9.17) is 9.84 Å². The third-order valence-corrected chi connectivity index (χ3v) is 3.02. The molecule has 2 atom stereocenters. The van der Waals surface area contributed by atoms with Crippen molar-refractivity contribution in [3.8, 4) is 0 Å². The number of likely N-dealkylation sites (N-methyl/N-ethyl adjacent to an activating group) is 1. The van der Waals surface area contributed by atoms with Gasteiger partial charge in [-0.2, -0.15) is 0 Å². The Kier molecular flexibility index (Phi) is 5.21. The van der Waals surface area contributed by atoms with Crippen LogP contribution in [0.4, 0.5) is 4.79 Å². The minimum Gasteiger partial charge on any atom is -0.480 e. The molecule has 0 bridgehead atoms. The van der Waals surface area contributed by atoms with Crippen LogP contribution in [0.1, 0.15) is 20.3 Å². The second-order valence-electron chi connectivity index (χ2n) is 4.27. The zero-order valence-electron chi connectivity index (χ0n) is 10.3. The van der Waals surface area contributed by atoms with E-state index < -0.39 is 5.97 Å². The normalized spacial score (nSPS) is 20.9. The predicted molar refractivity (Wildman–Crippen MR) is 61.8 cm³/mol. The van der Waals surface area contributed by atoms with E-state index in [1.807, 2.05) is 6.92 Å². The minimum absolute atomic E-state index is 0.00726. The second kappa shape index (κ2) is 6.44. The second-order valence-corrected chi connectivity index (χ2v) is 4.27. The van der Waals surface area contributed by atoms with Gasteiger partial charge in [0, 0.05) is 25.1 Å². The van der Waals surface area contributed by atoms with E-state index in [1.165, 1.54) is 4.90 Å². The first kappa shape index (κ1) is 13.8. The lowest BCUT2D eigenvalue weighted by Crippen LogP contribution is -2.48. The van der Waals surface area contributed by atoms with E-state index in [1.54, 1.807) is 6.92 Å². The van der Waals surface area contributed by atoms with Crippen molar-refractivity contribution in [2.75, 3.05) is 26.3 Å². The van der Waals surface area contributed by atoms with Gasteiger partial charge >= 0.3 is 12.0 Å². The number of hydrogen-bond donors (Lipinski definition) is 2. The maximum atomic E-state index is 11.8. The lowest BCUT2D eigenvalue weighted by molar-refractivity contribution is -0.137. The van der Waals surface area contributed by atoms with Gasteiger partial charge in [-0.15, -0.1) is 0 Å². The topological polar surface area (TPSA) is 78.9 Å². The number of urea groups is 1. The third-order valence-electron chi connectivity index (χ3n) is 3.02. The number of hydrogen-bond acceptors (Lipinski definition) is 3. The minimum atomic E-state index is -1.00. The maximum Gasteiger partial charge on any atom is 0.323 e. The zero-order chi connectivity index (χ0) is 12.8. The summed E-state index contributed by atoms with van der Waals surface area (Å²) in [7, 11) is 0. The van der Waals surface area contributed by atoms with Crippen LogP contribution in [0.5, 0.6) is 0 Å². The van der Waals surface area contributed by atoms with Gasteiger partial charge < -0.3 is 20.1 Å². The molecule has 2 N–H and O–H groups in total. The fraction of sp³-hybridized carbons (Fsp3) is 0.818. The Hall–Kier alpha value is -1.30. The van der Waals surface area contributed by atoms with E-state index in [2.05, 4.69) is 5.32 Å². The number of nitrogens with one attached hydrogen (secondary N) is 1. The monoisotopic (exact) mass is 244 g/mol. The third kappa shape index (κ3) is 4.22. The van der Waals surface area contributed by atoms with E-state index >= 15 is 0 Å². The highest BCUT2D eigenvalue weighted by Gasteiger charge is 2.25. The van der Waals surface area contributed by atoms with E-state index in [0.29, 0.717) is 19.1 Å². The Morgan fingerprint density at radius 3 is 2.76 bits per heavy atom. The number of aliphatic carboxylic acids is 1. The molecule has 0 aromatic heterocycles. The maximum absolute atomic E-state index is 11.8. The molecule has 0 radical (unpaired) electrons. The van der Waals surface area contributed by atoms with Gasteiger partial charge in [0.2, 0.25) is 0 Å². The summed E-state index contributed by atoms with van der Waals surface area (Å²) < 4.78 is 5.25. The summed E-state index contributed by atoms with van der Waals surface area (Å²) in [5.41, 5.74) is 0. The van der Waals surface area contributed by atoms with Crippen molar-refractivity contribution in [3.05, 3.63) is 0 Å². The molecule has 0 aromatic rings. The molecule has 98 valence electrons. The van der Waals surface area contributed by atoms with Crippen LogP contribution in [0.15, 0.2) is 0 Å². The Morgan fingerprint density at radius 1 is 1.59 bits per heavy atom. The lowest BCUT2D eigenvalue weighted by atomic mass is 10.0. The first-order valence-corrected chi connectivity index (χ1v) is 5.89. The molecule has 1 fully saturated rings. The molecule has 0 saturated carbocycles. The molecular weight excluding hydrogens is 224 g/mol. The Morgan fingerprint density at radius 2 is 2.29 bits per heavy atom. The van der Waals surface area contributed by atoms with Crippen LogP contribution in [0.2, 0.25) is 0 Å². The first-order chi connectivity index (χ1) is 8.04. The number of ether oxygens (including phenoxy) is 1. The average molecular weight is 244 g/mol. The van der Waals surface area contributed by atoms with Gasteiger partial charge in [0.25, 0.3) is 0 Å². The van der Waals surface area contributed by atoms with Crippen molar-refractivity contribution in [1.29, 1.82) is 0 Å². The molecule has 0 spiro atoms. The molecule has 1 rings (SSSR count). The number of carbonyl (C=O) groups is 2. The quantitative estimate of drug-likeness (QED) is 0.739. The molecular formula is C11H20N2O4. The number of carboxylic acids is 1. The Bertz CT molecular complexity index is 277. The van der Waals surface area contributed by atoms with Crippen molar-refractivity contribution in [2.24, 2.45) is 5.92 Å². The molecule has 1 aliphatic rings. The van der Waals surface area contributed by atoms with Crippen molar-refractivity contribution in [2.45, 2.75) is 26.3 Å². The van der Waals surface area contributed by atoms with Gasteiger partial charge in [-0.25, -0.2) is 4.79 Å². The molecule has 1 aliphatic heterocycles. The van der Waals surface area contributed by atoms with Crippen molar-refractivity contribution >= 4 is 12.0 Å². The summed E-state index contributed by atoms with van der Waals surface area (Å²) in [4.78, 5) is 23.6.